The Balaban J connectivity index is 1.91. The summed E-state index contributed by atoms with van der Waals surface area (Å²) in [6, 6.07) is 11.7. The molecule has 0 fully saturated rings. The molecule has 0 aromatic heterocycles. The molecule has 0 radical (unpaired) electrons. The Morgan fingerprint density at radius 1 is 1.30 bits per heavy atom. The smallest absolute Gasteiger partial charge is 0.264 e. The van der Waals surface area contributed by atoms with Gasteiger partial charge in [-0.3, -0.25) is 9.59 Å². The summed E-state index contributed by atoms with van der Waals surface area (Å²) < 4.78 is 13.9. The Kier molecular flexibility index (Phi) is 5.65. The number of fused-ring (bicyclic) bond motifs is 1. The number of anilines is 1. The Morgan fingerprint density at radius 3 is 2.74 bits per heavy atom. The third-order valence-corrected chi connectivity index (χ3v) is 5.58. The quantitative estimate of drug-likeness (QED) is 0.792. The maximum atomic E-state index is 13.9. The Hall–Kier alpha value is -2.60. The van der Waals surface area contributed by atoms with Crippen LogP contribution in [0.25, 0.3) is 6.08 Å². The van der Waals surface area contributed by atoms with Gasteiger partial charge in [-0.05, 0) is 43.7 Å². The molecule has 6 heteroatoms. The monoisotopic (exact) mass is 384 g/mol. The van der Waals surface area contributed by atoms with Crippen molar-refractivity contribution < 1.29 is 14.0 Å². The zero-order valence-corrected chi connectivity index (χ0v) is 16.3. The van der Waals surface area contributed by atoms with Crippen LogP contribution in [0.2, 0.25) is 0 Å². The molecule has 4 nitrogen and oxygen atoms in total. The first-order chi connectivity index (χ1) is 12.9. The van der Waals surface area contributed by atoms with Crippen molar-refractivity contribution in [3.63, 3.8) is 0 Å². The Bertz CT molecular complexity index is 926. The van der Waals surface area contributed by atoms with Crippen LogP contribution >= 0.6 is 11.8 Å². The molecule has 1 unspecified atom stereocenters. The molecular weight excluding hydrogens is 363 g/mol. The minimum atomic E-state index is -0.371. The van der Waals surface area contributed by atoms with Gasteiger partial charge in [-0.25, -0.2) is 4.39 Å². The maximum absolute atomic E-state index is 13.9. The van der Waals surface area contributed by atoms with Gasteiger partial charge in [-0.2, -0.15) is 0 Å². The molecule has 2 amide bonds. The molecule has 1 atom stereocenters. The molecule has 1 aliphatic heterocycles. The molecule has 0 spiro atoms. The fourth-order valence-corrected chi connectivity index (χ4v) is 3.76. The van der Waals surface area contributed by atoms with Crippen LogP contribution in [0.3, 0.4) is 0 Å². The molecule has 0 saturated carbocycles. The summed E-state index contributed by atoms with van der Waals surface area (Å²) in [4.78, 5) is 27.9. The van der Waals surface area contributed by atoms with Gasteiger partial charge in [0.05, 0.1) is 10.6 Å². The first kappa shape index (κ1) is 19.2. The maximum Gasteiger partial charge on any atom is 0.264 e. The predicted octanol–water partition coefficient (Wildman–Crippen LogP) is 4.46. The van der Waals surface area contributed by atoms with Crippen LogP contribution in [0.5, 0.6) is 0 Å². The lowest BCUT2D eigenvalue weighted by molar-refractivity contribution is -0.114. The third-order valence-electron chi connectivity index (χ3n) is 4.50. The van der Waals surface area contributed by atoms with Crippen LogP contribution in [0, 0.1) is 5.82 Å². The highest BCUT2D eigenvalue weighted by atomic mass is 32.2. The van der Waals surface area contributed by atoms with Gasteiger partial charge >= 0.3 is 0 Å². The molecule has 0 saturated heterocycles. The predicted molar refractivity (Wildman–Crippen MR) is 107 cm³/mol. The van der Waals surface area contributed by atoms with Crippen molar-refractivity contribution in [2.24, 2.45) is 0 Å². The fourth-order valence-electron chi connectivity index (χ4n) is 2.68. The molecule has 140 valence electrons. The largest absolute Gasteiger partial charge is 0.350 e. The van der Waals surface area contributed by atoms with E-state index in [4.69, 9.17) is 0 Å². The summed E-state index contributed by atoms with van der Waals surface area (Å²) >= 11 is 1.28. The van der Waals surface area contributed by atoms with Crippen LogP contribution in [-0.2, 0) is 4.79 Å². The minimum Gasteiger partial charge on any atom is -0.350 e. The highest BCUT2D eigenvalue weighted by molar-refractivity contribution is 8.04. The van der Waals surface area contributed by atoms with Crippen molar-refractivity contribution in [1.82, 2.24) is 5.32 Å². The zero-order chi connectivity index (χ0) is 19.6. The number of nitrogens with zero attached hydrogens (tertiary/aromatic N) is 1. The van der Waals surface area contributed by atoms with Gasteiger partial charge in [0.15, 0.2) is 0 Å². The van der Waals surface area contributed by atoms with Gasteiger partial charge in [0, 0.05) is 29.1 Å². The van der Waals surface area contributed by atoms with E-state index in [-0.39, 0.29) is 23.7 Å². The molecule has 2 aromatic carbocycles. The summed E-state index contributed by atoms with van der Waals surface area (Å²) in [7, 11) is 1.66. The number of nitrogens with one attached hydrogen (secondary N) is 1. The number of amides is 2. The number of rotatable bonds is 4. The minimum absolute atomic E-state index is 0.0811. The Labute approximate surface area is 162 Å². The lowest BCUT2D eigenvalue weighted by atomic mass is 10.1. The van der Waals surface area contributed by atoms with Crippen molar-refractivity contribution in [2.45, 2.75) is 31.2 Å². The molecule has 2 aromatic rings. The number of carbonyl (C=O) groups excluding carboxylic acids is 2. The topological polar surface area (TPSA) is 49.4 Å². The lowest BCUT2D eigenvalue weighted by Crippen LogP contribution is -2.33. The van der Waals surface area contributed by atoms with Gasteiger partial charge in [0.2, 0.25) is 0 Å². The van der Waals surface area contributed by atoms with Crippen LogP contribution in [0.1, 0.15) is 36.2 Å². The van der Waals surface area contributed by atoms with E-state index in [1.165, 1.54) is 22.7 Å². The van der Waals surface area contributed by atoms with E-state index in [0.717, 1.165) is 11.3 Å². The molecule has 3 rings (SSSR count). The van der Waals surface area contributed by atoms with E-state index < -0.39 is 0 Å². The van der Waals surface area contributed by atoms with Gasteiger partial charge in [-0.15, -0.1) is 0 Å². The highest BCUT2D eigenvalue weighted by Gasteiger charge is 2.27. The molecule has 27 heavy (non-hydrogen) atoms. The second-order valence-corrected chi connectivity index (χ2v) is 7.55. The lowest BCUT2D eigenvalue weighted by Gasteiger charge is -2.27. The van der Waals surface area contributed by atoms with Gasteiger partial charge in [-0.1, -0.05) is 36.9 Å². The molecular formula is C21H21FN2O2S. The number of benzene rings is 2. The zero-order valence-electron chi connectivity index (χ0n) is 15.5. The van der Waals surface area contributed by atoms with E-state index in [1.807, 2.05) is 19.9 Å². The SMILES string of the molecule is CCC(C)NC(=O)c1ccc2c(c1)N(C)C(=O)C(=Cc1ccccc1F)S2. The summed E-state index contributed by atoms with van der Waals surface area (Å²) in [5.74, 6) is -0.759. The molecule has 0 bridgehead atoms. The normalized spacial score (nSPS) is 16.2. The average Bonchev–Trinajstić information content (AvgIpc) is 2.67. The number of thioether (sulfide) groups is 1. The molecule has 0 aliphatic carbocycles. The standard InChI is InChI=1S/C21H21FN2O2S/c1-4-13(2)23-20(25)15-9-10-18-17(11-15)24(3)21(26)19(27-18)12-14-7-5-6-8-16(14)22/h5-13H,4H2,1-3H3,(H,23,25). The average molecular weight is 384 g/mol. The van der Waals surface area contributed by atoms with Gasteiger partial charge < -0.3 is 10.2 Å². The van der Waals surface area contributed by atoms with E-state index in [9.17, 15) is 14.0 Å². The molecule has 1 heterocycles. The van der Waals surface area contributed by atoms with Crippen molar-refractivity contribution in [3.05, 3.63) is 64.3 Å². The molecule has 1 N–H and O–H groups in total. The Morgan fingerprint density at radius 2 is 2.04 bits per heavy atom. The van der Waals surface area contributed by atoms with Crippen LogP contribution in [-0.4, -0.2) is 24.9 Å². The van der Waals surface area contributed by atoms with Crippen molar-refractivity contribution in [1.29, 1.82) is 0 Å². The van der Waals surface area contributed by atoms with Crippen LogP contribution in [0.15, 0.2) is 52.3 Å². The highest BCUT2D eigenvalue weighted by Crippen LogP contribution is 2.42. The van der Waals surface area contributed by atoms with Gasteiger partial charge in [0.1, 0.15) is 5.82 Å². The fraction of sp³-hybridized carbons (Fsp3) is 0.238. The van der Waals surface area contributed by atoms with Crippen molar-refractivity contribution in [3.8, 4) is 0 Å². The molecule has 1 aliphatic rings. The second kappa shape index (κ2) is 7.96. The first-order valence-corrected chi connectivity index (χ1v) is 9.59. The summed E-state index contributed by atoms with van der Waals surface area (Å²) in [5, 5.41) is 2.92. The second-order valence-electron chi connectivity index (χ2n) is 6.46. The van der Waals surface area contributed by atoms with Gasteiger partial charge in [0.25, 0.3) is 11.8 Å². The summed E-state index contributed by atoms with van der Waals surface area (Å²) in [5.41, 5.74) is 1.55. The van der Waals surface area contributed by atoms with E-state index >= 15 is 0 Å². The number of carbonyl (C=O) groups is 2. The van der Waals surface area contributed by atoms with E-state index in [1.54, 1.807) is 43.5 Å². The summed E-state index contributed by atoms with van der Waals surface area (Å²) in [6.07, 6.45) is 2.40. The number of halogens is 1. The van der Waals surface area contributed by atoms with Crippen molar-refractivity contribution in [2.75, 3.05) is 11.9 Å². The van der Waals surface area contributed by atoms with E-state index in [0.29, 0.717) is 21.7 Å². The van der Waals surface area contributed by atoms with Crippen LogP contribution < -0.4 is 10.2 Å². The number of hydrogen-bond acceptors (Lipinski definition) is 3. The van der Waals surface area contributed by atoms with Crippen LogP contribution in [0.4, 0.5) is 10.1 Å². The number of likely N-dealkylation sites (N-methyl/N-ethyl adjacent to an activating group) is 1. The first-order valence-electron chi connectivity index (χ1n) is 8.77. The van der Waals surface area contributed by atoms with E-state index in [2.05, 4.69) is 5.32 Å². The number of hydrogen-bond donors (Lipinski definition) is 1. The summed E-state index contributed by atoms with van der Waals surface area (Å²) in [6.45, 7) is 3.95. The van der Waals surface area contributed by atoms with Crippen molar-refractivity contribution >= 4 is 35.3 Å². The third kappa shape index (κ3) is 4.06.